The highest BCUT2D eigenvalue weighted by Crippen LogP contribution is 2.42. The summed E-state index contributed by atoms with van der Waals surface area (Å²) in [5, 5.41) is 2.18. The quantitative estimate of drug-likeness (QED) is 0.0388. The average Bonchev–Trinajstić information content (AvgIpc) is 3.18. The Bertz CT molecular complexity index is 1690. The van der Waals surface area contributed by atoms with Gasteiger partial charge in [0.1, 0.15) is 24.4 Å². The molecule has 0 fully saturated rings. The lowest BCUT2D eigenvalue weighted by Gasteiger charge is -2.23. The molecule has 0 radical (unpaired) electrons. The van der Waals surface area contributed by atoms with E-state index in [1.807, 2.05) is 24.1 Å². The van der Waals surface area contributed by atoms with Crippen LogP contribution < -0.4 is 14.8 Å². The number of benzene rings is 3. The highest BCUT2D eigenvalue weighted by atomic mass is 16.3. The summed E-state index contributed by atoms with van der Waals surface area (Å²) >= 11 is 0. The van der Waals surface area contributed by atoms with E-state index in [2.05, 4.69) is 92.6 Å². The Hall–Kier alpha value is -3.60. The van der Waals surface area contributed by atoms with Gasteiger partial charge >= 0.3 is 0 Å². The van der Waals surface area contributed by atoms with Gasteiger partial charge in [0.05, 0.1) is 6.07 Å². The van der Waals surface area contributed by atoms with Gasteiger partial charge in [-0.3, -0.25) is 4.79 Å². The summed E-state index contributed by atoms with van der Waals surface area (Å²) in [6.45, 7) is 15.5. The van der Waals surface area contributed by atoms with Crippen LogP contribution in [0.4, 0.5) is 5.69 Å². The van der Waals surface area contributed by atoms with E-state index in [1.165, 1.54) is 103 Å². The average molecular weight is 723 g/mol. The van der Waals surface area contributed by atoms with Gasteiger partial charge in [0, 0.05) is 66.6 Å². The summed E-state index contributed by atoms with van der Waals surface area (Å²) in [7, 11) is 1.97. The molecule has 1 aliphatic carbocycles. The number of carbonyl (C=O) groups is 1. The van der Waals surface area contributed by atoms with E-state index in [1.54, 1.807) is 0 Å². The van der Waals surface area contributed by atoms with Gasteiger partial charge in [-0.05, 0) is 63.9 Å². The fraction of sp³-hybridized carbons (Fsp3) is 0.583. The molecule has 53 heavy (non-hydrogen) atoms. The first-order valence-corrected chi connectivity index (χ1v) is 21.7. The maximum absolute atomic E-state index is 14.1. The smallest absolute Gasteiger partial charge is 0.254 e. The molecule has 5 heteroatoms. The van der Waals surface area contributed by atoms with Gasteiger partial charge in [-0.25, -0.2) is 4.58 Å². The van der Waals surface area contributed by atoms with Crippen molar-refractivity contribution in [2.75, 3.05) is 44.7 Å². The zero-order valence-electron chi connectivity index (χ0n) is 34.5. The van der Waals surface area contributed by atoms with Crippen molar-refractivity contribution in [1.29, 1.82) is 0 Å². The molecule has 0 saturated carbocycles. The van der Waals surface area contributed by atoms with Crippen molar-refractivity contribution in [2.45, 2.75) is 144 Å². The lowest BCUT2D eigenvalue weighted by molar-refractivity contribution is 0.0793. The van der Waals surface area contributed by atoms with Crippen molar-refractivity contribution in [3.63, 3.8) is 0 Å². The molecule has 2 aliphatic rings. The van der Waals surface area contributed by atoms with Gasteiger partial charge < -0.3 is 14.2 Å². The summed E-state index contributed by atoms with van der Waals surface area (Å²) in [5.41, 5.74) is 5.79. The number of hydrogen-bond donors (Lipinski definition) is 0. The second-order valence-corrected chi connectivity index (χ2v) is 15.1. The van der Waals surface area contributed by atoms with Crippen molar-refractivity contribution in [2.24, 2.45) is 0 Å². The number of rotatable bonds is 25. The van der Waals surface area contributed by atoms with Crippen LogP contribution in [0.25, 0.3) is 33.4 Å². The summed E-state index contributed by atoms with van der Waals surface area (Å²) in [5.74, 6) is 0.923. The van der Waals surface area contributed by atoms with Crippen LogP contribution in [-0.4, -0.2) is 50.6 Å². The van der Waals surface area contributed by atoms with E-state index in [0.717, 1.165) is 89.2 Å². The molecule has 0 bridgehead atoms. The van der Waals surface area contributed by atoms with Gasteiger partial charge in [0.25, 0.3) is 5.91 Å². The van der Waals surface area contributed by atoms with Crippen LogP contribution in [0.3, 0.4) is 0 Å². The third-order valence-corrected chi connectivity index (χ3v) is 11.3. The summed E-state index contributed by atoms with van der Waals surface area (Å²) in [6, 6.07) is 21.3. The van der Waals surface area contributed by atoms with E-state index in [0.29, 0.717) is 0 Å². The molecule has 0 atom stereocenters. The van der Waals surface area contributed by atoms with Crippen molar-refractivity contribution >= 4 is 22.6 Å². The predicted molar refractivity (Wildman–Crippen MR) is 229 cm³/mol. The zero-order chi connectivity index (χ0) is 37.8. The number of amides is 1. The molecular formula is C48H72N3O2+. The molecule has 5 nitrogen and oxygen atoms in total. The Balaban J connectivity index is 1.38. The normalized spacial score (nSPS) is 11.4. The lowest BCUT2D eigenvalue weighted by atomic mass is 9.90. The molecule has 4 rings (SSSR count). The molecule has 0 saturated heterocycles. The highest BCUT2D eigenvalue weighted by molar-refractivity contribution is 6.09. The molecular weight excluding hydrogens is 651 g/mol. The monoisotopic (exact) mass is 723 g/mol. The second-order valence-electron chi connectivity index (χ2n) is 15.1. The van der Waals surface area contributed by atoms with Crippen LogP contribution in [-0.2, 0) is 0 Å². The van der Waals surface area contributed by atoms with Gasteiger partial charge in [-0.2, -0.15) is 0 Å². The number of carbonyl (C=O) groups excluding carboxylic acids is 1. The standard InChI is InChI=1S/C48H72N3O2/c1-7-12-13-14-15-16-17-18-19-20-21-22-23-24-25-26-29-36-49(6)48(52)42-31-28-27-30-41(42)47-43-34-32-39(50(8-2)9-3)37-45(43)53-46-38-40(33-35-44(46)47)51(10-4)11-5/h27-28,30-35,37-38H,7-26,29,36H2,1-6H3/q+1. The van der Waals surface area contributed by atoms with Crippen LogP contribution in [0.2, 0.25) is 0 Å². The summed E-state index contributed by atoms with van der Waals surface area (Å²) < 4.78 is 9.05. The number of anilines is 1. The highest BCUT2D eigenvalue weighted by Gasteiger charge is 2.24. The Morgan fingerprint density at radius 3 is 1.75 bits per heavy atom. The predicted octanol–water partition coefficient (Wildman–Crippen LogP) is 12.6. The minimum atomic E-state index is 0.0821. The van der Waals surface area contributed by atoms with Gasteiger partial charge in [-0.15, -0.1) is 0 Å². The Kier molecular flexibility index (Phi) is 18.5. The van der Waals surface area contributed by atoms with Gasteiger partial charge in [0.2, 0.25) is 5.36 Å². The van der Waals surface area contributed by atoms with E-state index >= 15 is 0 Å². The largest absolute Gasteiger partial charge is 0.456 e. The number of nitrogens with zero attached hydrogens (tertiary/aromatic N) is 3. The van der Waals surface area contributed by atoms with Crippen LogP contribution in [0.1, 0.15) is 154 Å². The van der Waals surface area contributed by atoms with E-state index in [-0.39, 0.29) is 5.91 Å². The van der Waals surface area contributed by atoms with E-state index in [9.17, 15) is 4.79 Å². The van der Waals surface area contributed by atoms with E-state index < -0.39 is 0 Å². The van der Waals surface area contributed by atoms with Crippen LogP contribution >= 0.6 is 0 Å². The van der Waals surface area contributed by atoms with Crippen LogP contribution in [0, 0.1) is 0 Å². The molecule has 1 amide bonds. The molecule has 1 aliphatic heterocycles. The van der Waals surface area contributed by atoms with Crippen molar-refractivity contribution in [3.05, 3.63) is 71.6 Å². The molecule has 2 aromatic rings. The Morgan fingerprint density at radius 1 is 0.623 bits per heavy atom. The molecule has 0 aromatic heterocycles. The first kappa shape index (κ1) is 42.1. The third-order valence-electron chi connectivity index (χ3n) is 11.3. The maximum atomic E-state index is 14.1. The van der Waals surface area contributed by atoms with Crippen molar-refractivity contribution in [1.82, 2.24) is 9.48 Å². The molecule has 0 spiro atoms. The topological polar surface area (TPSA) is 39.7 Å². The Labute approximate surface area is 322 Å². The van der Waals surface area contributed by atoms with Gasteiger partial charge in [-0.1, -0.05) is 128 Å². The van der Waals surface area contributed by atoms with Crippen LogP contribution in [0.5, 0.6) is 0 Å². The molecule has 2 aromatic carbocycles. The first-order valence-electron chi connectivity index (χ1n) is 21.7. The fourth-order valence-electron chi connectivity index (χ4n) is 8.00. The maximum Gasteiger partial charge on any atom is 0.254 e. The SMILES string of the molecule is CCCCCCCCCCCCCCCCCCCN(C)C(=O)c1ccccc1-c1c2ccc(=[N+](CC)CC)cc-2oc2cc(N(CC)CC)ccc12. The Morgan fingerprint density at radius 2 is 1.19 bits per heavy atom. The number of fused-ring (bicyclic) bond motifs is 2. The zero-order valence-corrected chi connectivity index (χ0v) is 34.5. The van der Waals surface area contributed by atoms with Crippen molar-refractivity contribution in [3.8, 4) is 22.5 Å². The van der Waals surface area contributed by atoms with E-state index in [4.69, 9.17) is 4.42 Å². The number of hydrogen-bond acceptors (Lipinski definition) is 3. The first-order chi connectivity index (χ1) is 26.0. The third kappa shape index (κ3) is 12.2. The lowest BCUT2D eigenvalue weighted by Crippen LogP contribution is -2.29. The molecule has 0 N–H and O–H groups in total. The summed E-state index contributed by atoms with van der Waals surface area (Å²) in [6.07, 6.45) is 23.1. The minimum Gasteiger partial charge on any atom is -0.456 e. The fourth-order valence-corrected chi connectivity index (χ4v) is 8.00. The van der Waals surface area contributed by atoms with Crippen LogP contribution in [0.15, 0.2) is 65.1 Å². The molecule has 1 heterocycles. The van der Waals surface area contributed by atoms with Gasteiger partial charge in [0.15, 0.2) is 0 Å². The van der Waals surface area contributed by atoms with Crippen molar-refractivity contribution < 1.29 is 9.21 Å². The minimum absolute atomic E-state index is 0.0821. The molecule has 0 unspecified atom stereocenters. The second kappa shape index (κ2) is 23.2. The number of unbranched alkanes of at least 4 members (excludes halogenated alkanes) is 16. The molecule has 290 valence electrons. The summed E-state index contributed by atoms with van der Waals surface area (Å²) in [4.78, 5) is 18.4.